The predicted octanol–water partition coefficient (Wildman–Crippen LogP) is 2.53. The Hall–Kier alpha value is -0.650. The van der Waals surface area contributed by atoms with Gasteiger partial charge < -0.3 is 10.4 Å². The van der Waals surface area contributed by atoms with Crippen LogP contribution in [0, 0.1) is 0 Å². The van der Waals surface area contributed by atoms with Crippen LogP contribution < -0.4 is 5.32 Å². The molecule has 18 heavy (non-hydrogen) atoms. The summed E-state index contributed by atoms with van der Waals surface area (Å²) in [5.74, 6) is -0.213. The highest BCUT2D eigenvalue weighted by atomic mass is 79.9. The number of amides is 1. The molecule has 0 saturated heterocycles. The first-order valence-electron chi connectivity index (χ1n) is 5.86. The quantitative estimate of drug-likeness (QED) is 0.818. The number of aromatic nitrogens is 1. The molecule has 0 radical (unpaired) electrons. The summed E-state index contributed by atoms with van der Waals surface area (Å²) >= 11 is 9.16. The highest BCUT2D eigenvalue weighted by molar-refractivity contribution is 9.10. The van der Waals surface area contributed by atoms with Gasteiger partial charge in [-0.2, -0.15) is 0 Å². The monoisotopic (exact) mass is 332 g/mol. The number of carbonyl (C=O) groups is 1. The number of halogens is 2. The lowest BCUT2D eigenvalue weighted by Crippen LogP contribution is -2.38. The summed E-state index contributed by atoms with van der Waals surface area (Å²) < 4.78 is 0.719. The number of nitrogens with zero attached hydrogens (tertiary/aromatic N) is 1. The van der Waals surface area contributed by atoms with Crippen molar-refractivity contribution >= 4 is 33.4 Å². The van der Waals surface area contributed by atoms with Gasteiger partial charge in [0.2, 0.25) is 0 Å². The van der Waals surface area contributed by atoms with Crippen molar-refractivity contribution in [2.24, 2.45) is 0 Å². The van der Waals surface area contributed by atoms with Gasteiger partial charge in [0.25, 0.3) is 5.91 Å². The summed E-state index contributed by atoms with van der Waals surface area (Å²) in [7, 11) is 0. The van der Waals surface area contributed by atoms with E-state index in [0.717, 1.165) is 30.2 Å². The summed E-state index contributed by atoms with van der Waals surface area (Å²) in [5.41, 5.74) is 0.372. The number of hydrogen-bond acceptors (Lipinski definition) is 3. The van der Waals surface area contributed by atoms with Crippen LogP contribution in [0.4, 0.5) is 0 Å². The molecule has 0 unspecified atom stereocenters. The molecule has 0 aromatic carbocycles. The molecule has 1 aliphatic carbocycles. The van der Waals surface area contributed by atoms with Crippen molar-refractivity contribution < 1.29 is 9.90 Å². The standard InChI is InChI=1S/C12H14BrClN2O2/c13-7-5-10(11(14)15-6-7)12(18)16-8-1-3-9(17)4-2-8/h5-6,8-9,17H,1-4H2,(H,16,18). The Kier molecular flexibility index (Phi) is 4.59. The van der Waals surface area contributed by atoms with Crippen LogP contribution >= 0.6 is 27.5 Å². The Morgan fingerprint density at radius 3 is 2.78 bits per heavy atom. The zero-order valence-corrected chi connectivity index (χ0v) is 12.0. The maximum absolute atomic E-state index is 12.0. The molecule has 2 N–H and O–H groups in total. The average molecular weight is 334 g/mol. The molecular weight excluding hydrogens is 320 g/mol. The number of pyridine rings is 1. The van der Waals surface area contributed by atoms with Crippen molar-refractivity contribution in [3.8, 4) is 0 Å². The molecule has 1 fully saturated rings. The molecule has 1 saturated carbocycles. The van der Waals surface area contributed by atoms with Gasteiger partial charge in [0.05, 0.1) is 11.7 Å². The van der Waals surface area contributed by atoms with Gasteiger partial charge in [-0.25, -0.2) is 4.98 Å². The first-order chi connectivity index (χ1) is 8.56. The third-order valence-electron chi connectivity index (χ3n) is 3.08. The average Bonchev–Trinajstić information content (AvgIpc) is 2.35. The highest BCUT2D eigenvalue weighted by Gasteiger charge is 2.22. The van der Waals surface area contributed by atoms with Gasteiger partial charge in [0.1, 0.15) is 5.15 Å². The van der Waals surface area contributed by atoms with Gasteiger partial charge >= 0.3 is 0 Å². The van der Waals surface area contributed by atoms with Gasteiger partial charge in [-0.05, 0) is 47.7 Å². The molecule has 0 atom stereocenters. The fourth-order valence-corrected chi connectivity index (χ4v) is 2.59. The molecule has 0 aliphatic heterocycles. The van der Waals surface area contributed by atoms with Crippen molar-refractivity contribution in [1.29, 1.82) is 0 Å². The Balaban J connectivity index is 2.01. The van der Waals surface area contributed by atoms with Gasteiger partial charge in [-0.1, -0.05) is 11.6 Å². The van der Waals surface area contributed by atoms with Gasteiger partial charge in [-0.3, -0.25) is 4.79 Å². The fraction of sp³-hybridized carbons (Fsp3) is 0.500. The SMILES string of the molecule is O=C(NC1CCC(O)CC1)c1cc(Br)cnc1Cl. The van der Waals surface area contributed by atoms with E-state index in [1.807, 2.05) is 0 Å². The van der Waals surface area contributed by atoms with Crippen molar-refractivity contribution in [2.75, 3.05) is 0 Å². The zero-order chi connectivity index (χ0) is 13.1. The third-order valence-corrected chi connectivity index (χ3v) is 3.82. The number of hydrogen-bond donors (Lipinski definition) is 2. The molecule has 1 aliphatic rings. The van der Waals surface area contributed by atoms with Crippen LogP contribution in [-0.4, -0.2) is 28.1 Å². The molecule has 0 bridgehead atoms. The van der Waals surface area contributed by atoms with Crippen molar-refractivity contribution in [3.05, 3.63) is 27.5 Å². The molecule has 1 aromatic heterocycles. The smallest absolute Gasteiger partial charge is 0.254 e. The number of nitrogens with one attached hydrogen (secondary N) is 1. The maximum atomic E-state index is 12.0. The second-order valence-electron chi connectivity index (χ2n) is 4.47. The number of rotatable bonds is 2. The van der Waals surface area contributed by atoms with E-state index in [2.05, 4.69) is 26.2 Å². The lowest BCUT2D eigenvalue weighted by molar-refractivity contribution is 0.0867. The fourth-order valence-electron chi connectivity index (χ4n) is 2.07. The maximum Gasteiger partial charge on any atom is 0.254 e. The molecular formula is C12H14BrClN2O2. The van der Waals surface area contributed by atoms with Crippen molar-refractivity contribution in [2.45, 2.75) is 37.8 Å². The number of carbonyl (C=O) groups excluding carboxylic acids is 1. The lowest BCUT2D eigenvalue weighted by Gasteiger charge is -2.26. The summed E-state index contributed by atoms with van der Waals surface area (Å²) in [4.78, 5) is 16.0. The second kappa shape index (κ2) is 5.99. The van der Waals surface area contributed by atoms with E-state index in [1.165, 1.54) is 0 Å². The largest absolute Gasteiger partial charge is 0.393 e. The molecule has 4 nitrogen and oxygen atoms in total. The molecule has 1 heterocycles. The van der Waals surface area contributed by atoms with E-state index in [4.69, 9.17) is 11.6 Å². The first kappa shape index (κ1) is 13.8. The van der Waals surface area contributed by atoms with Crippen LogP contribution in [0.5, 0.6) is 0 Å². The minimum absolute atomic E-state index is 0.107. The van der Waals surface area contributed by atoms with Gasteiger partial charge in [0.15, 0.2) is 0 Å². The van der Waals surface area contributed by atoms with Crippen LogP contribution in [0.1, 0.15) is 36.0 Å². The Bertz CT molecular complexity index is 448. The van der Waals surface area contributed by atoms with E-state index < -0.39 is 0 Å². The van der Waals surface area contributed by atoms with Gasteiger partial charge in [-0.15, -0.1) is 0 Å². The molecule has 2 rings (SSSR count). The zero-order valence-electron chi connectivity index (χ0n) is 9.70. The Morgan fingerprint density at radius 1 is 1.44 bits per heavy atom. The van der Waals surface area contributed by atoms with Crippen molar-refractivity contribution in [3.63, 3.8) is 0 Å². The van der Waals surface area contributed by atoms with Crippen LogP contribution in [0.2, 0.25) is 5.15 Å². The minimum atomic E-state index is -0.228. The molecule has 98 valence electrons. The number of aliphatic hydroxyl groups excluding tert-OH is 1. The summed E-state index contributed by atoms with van der Waals surface area (Å²) in [6, 6.07) is 1.76. The van der Waals surface area contributed by atoms with Gasteiger partial charge in [0, 0.05) is 16.7 Å². The first-order valence-corrected chi connectivity index (χ1v) is 7.03. The predicted molar refractivity (Wildman–Crippen MR) is 72.7 cm³/mol. The van der Waals surface area contributed by atoms with E-state index in [-0.39, 0.29) is 23.2 Å². The third kappa shape index (κ3) is 3.43. The minimum Gasteiger partial charge on any atom is -0.393 e. The van der Waals surface area contributed by atoms with E-state index >= 15 is 0 Å². The van der Waals surface area contributed by atoms with E-state index in [1.54, 1.807) is 12.3 Å². The normalized spacial score (nSPS) is 23.7. The van der Waals surface area contributed by atoms with E-state index in [0.29, 0.717) is 5.56 Å². The molecule has 1 amide bonds. The lowest BCUT2D eigenvalue weighted by atomic mass is 9.93. The number of aliphatic hydroxyl groups is 1. The van der Waals surface area contributed by atoms with Crippen molar-refractivity contribution in [1.82, 2.24) is 10.3 Å². The second-order valence-corrected chi connectivity index (χ2v) is 5.74. The summed E-state index contributed by atoms with van der Waals surface area (Å²) in [6.45, 7) is 0. The van der Waals surface area contributed by atoms with Crippen LogP contribution in [0.3, 0.4) is 0 Å². The topological polar surface area (TPSA) is 62.2 Å². The van der Waals surface area contributed by atoms with Crippen LogP contribution in [0.15, 0.2) is 16.7 Å². The van der Waals surface area contributed by atoms with E-state index in [9.17, 15) is 9.90 Å². The summed E-state index contributed by atoms with van der Waals surface area (Å²) in [5, 5.41) is 12.5. The van der Waals surface area contributed by atoms with Crippen LogP contribution in [-0.2, 0) is 0 Å². The molecule has 1 aromatic rings. The molecule has 6 heteroatoms. The Morgan fingerprint density at radius 2 is 2.11 bits per heavy atom. The van der Waals surface area contributed by atoms with Crippen LogP contribution in [0.25, 0.3) is 0 Å². The Labute approximate surface area is 119 Å². The highest BCUT2D eigenvalue weighted by Crippen LogP contribution is 2.21. The molecule has 0 spiro atoms. The summed E-state index contributed by atoms with van der Waals surface area (Å²) in [6.07, 6.45) is 4.38.